The molecular formula is C27H31N7O2. The number of nitrogens with one attached hydrogen (secondary N) is 1. The molecule has 0 bridgehead atoms. The van der Waals surface area contributed by atoms with Crippen molar-refractivity contribution in [1.29, 1.82) is 5.26 Å². The summed E-state index contributed by atoms with van der Waals surface area (Å²) in [5, 5.41) is 13.5. The van der Waals surface area contributed by atoms with Gasteiger partial charge in [-0.1, -0.05) is 30.8 Å². The first-order chi connectivity index (χ1) is 17.3. The lowest BCUT2D eigenvalue weighted by molar-refractivity contribution is -0.127. The third-order valence-corrected chi connectivity index (χ3v) is 6.50. The number of nitriles is 1. The maximum atomic E-state index is 12.4. The molecule has 1 saturated heterocycles. The molecule has 9 heteroatoms. The molecule has 3 aromatic rings. The molecule has 1 aliphatic heterocycles. The molecule has 0 radical (unpaired) electrons. The zero-order chi connectivity index (χ0) is 25.8. The fraction of sp³-hybridized carbons (Fsp3) is 0.370. The zero-order valence-corrected chi connectivity index (χ0v) is 20.9. The SMILES string of the molecule is C=CC(=O)N1CCN(Cc2ccc([C@H](C)Nc3nc(C#N)c4ccc(=O)n(C(C)C)c4n3)cc2)CC1. The van der Waals surface area contributed by atoms with E-state index in [9.17, 15) is 14.9 Å². The van der Waals surface area contributed by atoms with Crippen molar-refractivity contribution in [2.24, 2.45) is 0 Å². The quantitative estimate of drug-likeness (QED) is 0.512. The monoisotopic (exact) mass is 485 g/mol. The highest BCUT2D eigenvalue weighted by atomic mass is 16.2. The molecular weight excluding hydrogens is 454 g/mol. The Morgan fingerprint density at radius 2 is 1.81 bits per heavy atom. The molecule has 0 unspecified atom stereocenters. The number of hydrogen-bond donors (Lipinski definition) is 1. The Labute approximate surface area is 210 Å². The lowest BCUT2D eigenvalue weighted by Crippen LogP contribution is -2.47. The van der Waals surface area contributed by atoms with E-state index in [4.69, 9.17) is 0 Å². The van der Waals surface area contributed by atoms with Crippen molar-refractivity contribution in [2.45, 2.75) is 39.4 Å². The van der Waals surface area contributed by atoms with Crippen molar-refractivity contribution in [3.63, 3.8) is 0 Å². The summed E-state index contributed by atoms with van der Waals surface area (Å²) in [5.41, 5.74) is 2.77. The van der Waals surface area contributed by atoms with Crippen LogP contribution in [0.4, 0.5) is 5.95 Å². The lowest BCUT2D eigenvalue weighted by atomic mass is 10.1. The van der Waals surface area contributed by atoms with Gasteiger partial charge in [-0.25, -0.2) is 4.98 Å². The normalized spacial score (nSPS) is 15.0. The number of pyridine rings is 1. The maximum Gasteiger partial charge on any atom is 0.252 e. The minimum absolute atomic E-state index is 0.00901. The summed E-state index contributed by atoms with van der Waals surface area (Å²) in [6.07, 6.45) is 1.37. The summed E-state index contributed by atoms with van der Waals surface area (Å²) in [5.74, 6) is 0.299. The summed E-state index contributed by atoms with van der Waals surface area (Å²) in [6.45, 7) is 13.3. The van der Waals surface area contributed by atoms with Gasteiger partial charge in [0.25, 0.3) is 5.56 Å². The van der Waals surface area contributed by atoms with Crippen LogP contribution in [-0.2, 0) is 11.3 Å². The van der Waals surface area contributed by atoms with E-state index in [1.165, 1.54) is 17.7 Å². The van der Waals surface area contributed by atoms with Crippen LogP contribution in [0.15, 0.2) is 53.8 Å². The van der Waals surface area contributed by atoms with E-state index in [0.717, 1.165) is 25.2 Å². The van der Waals surface area contributed by atoms with Crippen LogP contribution in [-0.4, -0.2) is 56.4 Å². The van der Waals surface area contributed by atoms with Gasteiger partial charge in [0.2, 0.25) is 11.9 Å². The maximum absolute atomic E-state index is 12.4. The van der Waals surface area contributed by atoms with Crippen LogP contribution in [0.25, 0.3) is 11.0 Å². The Hall–Kier alpha value is -4.03. The van der Waals surface area contributed by atoms with Crippen molar-refractivity contribution in [1.82, 2.24) is 24.3 Å². The first-order valence-corrected chi connectivity index (χ1v) is 12.1. The molecule has 1 aromatic carbocycles. The van der Waals surface area contributed by atoms with Gasteiger partial charge in [-0.2, -0.15) is 10.2 Å². The van der Waals surface area contributed by atoms with E-state index < -0.39 is 0 Å². The van der Waals surface area contributed by atoms with Crippen molar-refractivity contribution in [2.75, 3.05) is 31.5 Å². The number of carbonyl (C=O) groups excluding carboxylic acids is 1. The molecule has 1 atom stereocenters. The number of aromatic nitrogens is 3. The predicted molar refractivity (Wildman–Crippen MR) is 139 cm³/mol. The predicted octanol–water partition coefficient (Wildman–Crippen LogP) is 3.25. The van der Waals surface area contributed by atoms with Crippen LogP contribution in [0.2, 0.25) is 0 Å². The topological polar surface area (TPSA) is 107 Å². The van der Waals surface area contributed by atoms with Crippen LogP contribution in [0.3, 0.4) is 0 Å². The Morgan fingerprint density at radius 1 is 1.11 bits per heavy atom. The highest BCUT2D eigenvalue weighted by Gasteiger charge is 2.20. The van der Waals surface area contributed by atoms with Gasteiger partial charge in [0.1, 0.15) is 11.7 Å². The summed E-state index contributed by atoms with van der Waals surface area (Å²) < 4.78 is 1.58. The van der Waals surface area contributed by atoms with E-state index in [-0.39, 0.29) is 29.2 Å². The molecule has 2 aromatic heterocycles. The average molecular weight is 486 g/mol. The number of anilines is 1. The summed E-state index contributed by atoms with van der Waals surface area (Å²) in [7, 11) is 0. The van der Waals surface area contributed by atoms with Crippen LogP contribution in [0, 0.1) is 11.3 Å². The van der Waals surface area contributed by atoms with Gasteiger partial charge in [-0.15, -0.1) is 0 Å². The van der Waals surface area contributed by atoms with Gasteiger partial charge >= 0.3 is 0 Å². The van der Waals surface area contributed by atoms with Crippen LogP contribution in [0.5, 0.6) is 0 Å². The number of hydrogen-bond acceptors (Lipinski definition) is 7. The van der Waals surface area contributed by atoms with Crippen LogP contribution in [0.1, 0.15) is 49.7 Å². The van der Waals surface area contributed by atoms with Crippen molar-refractivity contribution >= 4 is 22.9 Å². The highest BCUT2D eigenvalue weighted by molar-refractivity contribution is 5.87. The molecule has 3 heterocycles. The van der Waals surface area contributed by atoms with Crippen LogP contribution >= 0.6 is 0 Å². The zero-order valence-electron chi connectivity index (χ0n) is 20.9. The minimum atomic E-state index is -0.164. The van der Waals surface area contributed by atoms with Crippen molar-refractivity contribution in [3.8, 4) is 6.07 Å². The molecule has 0 aliphatic carbocycles. The lowest BCUT2D eigenvalue weighted by Gasteiger charge is -2.34. The largest absolute Gasteiger partial charge is 0.348 e. The Balaban J connectivity index is 1.47. The molecule has 36 heavy (non-hydrogen) atoms. The standard InChI is InChI=1S/C27H31N7O2/c1-5-24(35)33-14-12-32(13-15-33)17-20-6-8-21(9-7-20)19(4)29-27-30-23(16-28)22-10-11-25(36)34(18(2)3)26(22)31-27/h5-11,18-19H,1,12-15,17H2,2-4H3,(H,29,30,31)/t19-/m0/s1. The fourth-order valence-electron chi connectivity index (χ4n) is 4.49. The average Bonchev–Trinajstić information content (AvgIpc) is 2.88. The minimum Gasteiger partial charge on any atom is -0.348 e. The summed E-state index contributed by atoms with van der Waals surface area (Å²) in [6, 6.07) is 13.3. The number of carbonyl (C=O) groups is 1. The number of benzene rings is 1. The number of rotatable bonds is 7. The molecule has 0 spiro atoms. The van der Waals surface area contributed by atoms with Gasteiger partial charge in [0.15, 0.2) is 5.69 Å². The first kappa shape index (κ1) is 25.1. The van der Waals surface area contributed by atoms with Gasteiger partial charge in [0, 0.05) is 44.8 Å². The Kier molecular flexibility index (Phi) is 7.46. The highest BCUT2D eigenvalue weighted by Crippen LogP contribution is 2.22. The second kappa shape index (κ2) is 10.7. The van der Waals surface area contributed by atoms with E-state index in [1.807, 2.05) is 25.7 Å². The van der Waals surface area contributed by atoms with E-state index in [1.54, 1.807) is 10.6 Å². The summed E-state index contributed by atoms with van der Waals surface area (Å²) in [4.78, 5) is 37.4. The molecule has 9 nitrogen and oxygen atoms in total. The number of fused-ring (bicyclic) bond motifs is 1. The van der Waals surface area contributed by atoms with Crippen molar-refractivity contribution < 1.29 is 4.79 Å². The van der Waals surface area contributed by atoms with Crippen molar-refractivity contribution in [3.05, 3.63) is 76.2 Å². The third kappa shape index (κ3) is 5.29. The number of piperazine rings is 1. The Bertz CT molecular complexity index is 1360. The smallest absolute Gasteiger partial charge is 0.252 e. The van der Waals surface area contributed by atoms with Gasteiger partial charge < -0.3 is 10.2 Å². The number of nitrogens with zero attached hydrogens (tertiary/aromatic N) is 6. The molecule has 1 aliphatic rings. The van der Waals surface area contributed by atoms with Crippen LogP contribution < -0.4 is 10.9 Å². The second-order valence-corrected chi connectivity index (χ2v) is 9.29. The van der Waals surface area contributed by atoms with E-state index in [2.05, 4.69) is 57.1 Å². The van der Waals surface area contributed by atoms with E-state index in [0.29, 0.717) is 30.1 Å². The van der Waals surface area contributed by atoms with E-state index >= 15 is 0 Å². The molecule has 1 N–H and O–H groups in total. The Morgan fingerprint density at radius 3 is 2.42 bits per heavy atom. The van der Waals surface area contributed by atoms with Gasteiger partial charge in [0.05, 0.1) is 11.4 Å². The molecule has 186 valence electrons. The van der Waals surface area contributed by atoms with Gasteiger partial charge in [-0.3, -0.25) is 19.1 Å². The molecule has 1 amide bonds. The fourth-order valence-corrected chi connectivity index (χ4v) is 4.49. The molecule has 0 saturated carbocycles. The number of amides is 1. The second-order valence-electron chi connectivity index (χ2n) is 9.29. The van der Waals surface area contributed by atoms with Gasteiger partial charge in [-0.05, 0) is 44.0 Å². The summed E-state index contributed by atoms with van der Waals surface area (Å²) >= 11 is 0. The third-order valence-electron chi connectivity index (χ3n) is 6.50. The molecule has 1 fully saturated rings. The first-order valence-electron chi connectivity index (χ1n) is 12.1. The molecule has 4 rings (SSSR count).